The molecule has 2 N–H and O–H groups in total. The van der Waals surface area contributed by atoms with Crippen LogP contribution in [-0.4, -0.2) is 12.5 Å². The van der Waals surface area contributed by atoms with Crippen LogP contribution in [0, 0.1) is 6.92 Å². The van der Waals surface area contributed by atoms with Crippen molar-refractivity contribution in [2.75, 3.05) is 17.2 Å². The maximum atomic E-state index is 12.0. The first-order valence-corrected chi connectivity index (χ1v) is 8.11. The van der Waals surface area contributed by atoms with Gasteiger partial charge >= 0.3 is 0 Å². The summed E-state index contributed by atoms with van der Waals surface area (Å²) in [6, 6.07) is 25.0. The number of anilines is 3. The molecule has 25 heavy (non-hydrogen) atoms. The van der Waals surface area contributed by atoms with Crippen LogP contribution in [0.2, 0.25) is 0 Å². The van der Waals surface area contributed by atoms with Crippen molar-refractivity contribution in [2.45, 2.75) is 6.92 Å². The van der Waals surface area contributed by atoms with Crippen LogP contribution in [0.5, 0.6) is 5.75 Å². The van der Waals surface area contributed by atoms with Gasteiger partial charge in [-0.25, -0.2) is 0 Å². The fourth-order valence-electron chi connectivity index (χ4n) is 2.37. The van der Waals surface area contributed by atoms with E-state index in [1.165, 1.54) is 5.56 Å². The molecule has 0 fully saturated rings. The molecule has 0 saturated carbocycles. The number of carbonyl (C=O) groups is 1. The molecule has 0 bridgehead atoms. The van der Waals surface area contributed by atoms with Crippen LogP contribution in [0.15, 0.2) is 78.9 Å². The standard InChI is InChI=1S/C21H20N2O2/c1-16-7-5-6-10-20(16)22-17-11-13-18(14-12-17)23-21(24)15-25-19-8-3-2-4-9-19/h2-14,22H,15H2,1H3,(H,23,24). The number of carbonyl (C=O) groups excluding carboxylic acids is 1. The zero-order valence-corrected chi connectivity index (χ0v) is 14.0. The van der Waals surface area contributed by atoms with Gasteiger partial charge in [0.1, 0.15) is 5.75 Å². The van der Waals surface area contributed by atoms with Crippen LogP contribution in [0.3, 0.4) is 0 Å². The van der Waals surface area contributed by atoms with Gasteiger partial charge in [0.2, 0.25) is 0 Å². The van der Waals surface area contributed by atoms with E-state index in [-0.39, 0.29) is 12.5 Å². The molecule has 0 heterocycles. The number of nitrogens with one attached hydrogen (secondary N) is 2. The Morgan fingerprint density at radius 1 is 0.840 bits per heavy atom. The molecule has 0 aliphatic rings. The van der Waals surface area contributed by atoms with E-state index < -0.39 is 0 Å². The first-order chi connectivity index (χ1) is 12.2. The molecule has 4 nitrogen and oxygen atoms in total. The molecular formula is C21H20N2O2. The summed E-state index contributed by atoms with van der Waals surface area (Å²) in [7, 11) is 0. The van der Waals surface area contributed by atoms with E-state index in [2.05, 4.69) is 23.6 Å². The number of ether oxygens (including phenoxy) is 1. The second-order valence-corrected chi connectivity index (χ2v) is 5.67. The summed E-state index contributed by atoms with van der Waals surface area (Å²) in [4.78, 5) is 12.0. The molecule has 0 atom stereocenters. The fraction of sp³-hybridized carbons (Fsp3) is 0.0952. The second kappa shape index (κ2) is 8.02. The average Bonchev–Trinajstić information content (AvgIpc) is 2.64. The second-order valence-electron chi connectivity index (χ2n) is 5.67. The molecule has 0 aliphatic carbocycles. The number of rotatable bonds is 6. The maximum Gasteiger partial charge on any atom is 0.262 e. The topological polar surface area (TPSA) is 50.4 Å². The van der Waals surface area contributed by atoms with Crippen LogP contribution in [0.1, 0.15) is 5.56 Å². The summed E-state index contributed by atoms with van der Waals surface area (Å²) in [5, 5.41) is 6.18. The Bertz CT molecular complexity index is 830. The number of para-hydroxylation sites is 2. The van der Waals surface area contributed by atoms with Gasteiger partial charge < -0.3 is 15.4 Å². The van der Waals surface area contributed by atoms with Gasteiger partial charge in [0, 0.05) is 17.1 Å². The molecule has 3 aromatic carbocycles. The van der Waals surface area contributed by atoms with E-state index >= 15 is 0 Å². The molecule has 0 unspecified atom stereocenters. The highest BCUT2D eigenvalue weighted by atomic mass is 16.5. The molecule has 0 spiro atoms. The van der Waals surface area contributed by atoms with Crippen molar-refractivity contribution < 1.29 is 9.53 Å². The predicted molar refractivity (Wildman–Crippen MR) is 101 cm³/mol. The summed E-state index contributed by atoms with van der Waals surface area (Å²) in [6.07, 6.45) is 0. The van der Waals surface area contributed by atoms with Crippen molar-refractivity contribution in [3.05, 3.63) is 84.4 Å². The summed E-state index contributed by atoms with van der Waals surface area (Å²) >= 11 is 0. The predicted octanol–water partition coefficient (Wildman–Crippen LogP) is 4.76. The van der Waals surface area contributed by atoms with Crippen molar-refractivity contribution in [3.63, 3.8) is 0 Å². The lowest BCUT2D eigenvalue weighted by Gasteiger charge is -2.11. The molecule has 3 aromatic rings. The Hall–Kier alpha value is -3.27. The number of aryl methyl sites for hydroxylation is 1. The quantitative estimate of drug-likeness (QED) is 0.684. The van der Waals surface area contributed by atoms with Gasteiger partial charge in [-0.3, -0.25) is 4.79 Å². The molecule has 0 saturated heterocycles. The van der Waals surface area contributed by atoms with Gasteiger partial charge in [0.25, 0.3) is 5.91 Å². The fourth-order valence-corrected chi connectivity index (χ4v) is 2.37. The van der Waals surface area contributed by atoms with E-state index in [1.807, 2.05) is 72.8 Å². The van der Waals surface area contributed by atoms with E-state index in [0.717, 1.165) is 17.1 Å². The van der Waals surface area contributed by atoms with Crippen LogP contribution in [0.4, 0.5) is 17.1 Å². The van der Waals surface area contributed by atoms with Gasteiger partial charge in [0.05, 0.1) is 0 Å². The first kappa shape index (κ1) is 16.6. The van der Waals surface area contributed by atoms with Crippen molar-refractivity contribution in [1.82, 2.24) is 0 Å². The minimum absolute atomic E-state index is 0.0206. The van der Waals surface area contributed by atoms with E-state index in [4.69, 9.17) is 4.74 Å². The third-order valence-corrected chi connectivity index (χ3v) is 3.71. The van der Waals surface area contributed by atoms with Crippen LogP contribution >= 0.6 is 0 Å². The average molecular weight is 332 g/mol. The summed E-state index contributed by atoms with van der Waals surface area (Å²) < 4.78 is 5.43. The number of benzene rings is 3. The lowest BCUT2D eigenvalue weighted by Crippen LogP contribution is -2.20. The Morgan fingerprint density at radius 2 is 1.48 bits per heavy atom. The first-order valence-electron chi connectivity index (χ1n) is 8.11. The van der Waals surface area contributed by atoms with Gasteiger partial charge in [0.15, 0.2) is 6.61 Å². The lowest BCUT2D eigenvalue weighted by atomic mass is 10.2. The van der Waals surface area contributed by atoms with Gasteiger partial charge in [-0.2, -0.15) is 0 Å². The van der Waals surface area contributed by atoms with Gasteiger partial charge in [-0.05, 0) is 55.0 Å². The van der Waals surface area contributed by atoms with Crippen LogP contribution in [0.25, 0.3) is 0 Å². The Kier molecular flexibility index (Phi) is 5.32. The molecule has 0 aliphatic heterocycles. The van der Waals surface area contributed by atoms with Crippen molar-refractivity contribution in [1.29, 1.82) is 0 Å². The van der Waals surface area contributed by atoms with E-state index in [9.17, 15) is 4.79 Å². The third kappa shape index (κ3) is 4.85. The molecule has 1 amide bonds. The largest absolute Gasteiger partial charge is 0.484 e. The highest BCUT2D eigenvalue weighted by Gasteiger charge is 2.04. The molecule has 0 aromatic heterocycles. The van der Waals surface area contributed by atoms with Gasteiger partial charge in [-0.15, -0.1) is 0 Å². The van der Waals surface area contributed by atoms with E-state index in [1.54, 1.807) is 0 Å². The molecule has 4 heteroatoms. The normalized spacial score (nSPS) is 10.1. The lowest BCUT2D eigenvalue weighted by molar-refractivity contribution is -0.118. The molecule has 3 rings (SSSR count). The summed E-state index contributed by atoms with van der Waals surface area (Å²) in [6.45, 7) is 2.04. The Morgan fingerprint density at radius 3 is 2.20 bits per heavy atom. The summed E-state index contributed by atoms with van der Waals surface area (Å²) in [5.41, 5.74) is 3.94. The summed E-state index contributed by atoms with van der Waals surface area (Å²) in [5.74, 6) is 0.485. The molecule has 126 valence electrons. The smallest absolute Gasteiger partial charge is 0.262 e. The maximum absolute atomic E-state index is 12.0. The van der Waals surface area contributed by atoms with E-state index in [0.29, 0.717) is 5.75 Å². The minimum atomic E-state index is -0.191. The Balaban J connectivity index is 1.53. The zero-order valence-electron chi connectivity index (χ0n) is 14.0. The third-order valence-electron chi connectivity index (χ3n) is 3.71. The number of hydrogen-bond acceptors (Lipinski definition) is 3. The SMILES string of the molecule is Cc1ccccc1Nc1ccc(NC(=O)COc2ccccc2)cc1. The molecular weight excluding hydrogens is 312 g/mol. The van der Waals surface area contributed by atoms with Crippen molar-refractivity contribution in [2.24, 2.45) is 0 Å². The minimum Gasteiger partial charge on any atom is -0.484 e. The highest BCUT2D eigenvalue weighted by Crippen LogP contribution is 2.21. The van der Waals surface area contributed by atoms with Crippen LogP contribution in [-0.2, 0) is 4.79 Å². The van der Waals surface area contributed by atoms with Crippen molar-refractivity contribution >= 4 is 23.0 Å². The molecule has 0 radical (unpaired) electrons. The van der Waals surface area contributed by atoms with Crippen molar-refractivity contribution in [3.8, 4) is 5.75 Å². The highest BCUT2D eigenvalue weighted by molar-refractivity contribution is 5.92. The number of hydrogen-bond donors (Lipinski definition) is 2. The monoisotopic (exact) mass is 332 g/mol. The van der Waals surface area contributed by atoms with Crippen LogP contribution < -0.4 is 15.4 Å². The Labute approximate surface area is 147 Å². The van der Waals surface area contributed by atoms with Gasteiger partial charge in [-0.1, -0.05) is 36.4 Å². The zero-order chi connectivity index (χ0) is 17.5. The number of amides is 1.